The van der Waals surface area contributed by atoms with Crippen LogP contribution in [0.15, 0.2) is 24.3 Å². The van der Waals surface area contributed by atoms with Gasteiger partial charge in [-0.25, -0.2) is 0 Å². The quantitative estimate of drug-likeness (QED) is 0.748. The van der Waals surface area contributed by atoms with Gasteiger partial charge in [0.1, 0.15) is 6.54 Å². The Hall–Kier alpha value is -2.45. The van der Waals surface area contributed by atoms with E-state index in [1.54, 1.807) is 0 Å². The van der Waals surface area contributed by atoms with Crippen molar-refractivity contribution in [1.29, 1.82) is 0 Å². The second kappa shape index (κ2) is 5.88. The van der Waals surface area contributed by atoms with E-state index in [2.05, 4.69) is 0 Å². The maximum Gasteiger partial charge on any atom is 0.261 e. The van der Waals surface area contributed by atoms with Crippen molar-refractivity contribution in [3.8, 4) is 0 Å². The van der Waals surface area contributed by atoms with Crippen LogP contribution in [0.4, 0.5) is 5.69 Å². The average molecular weight is 332 g/mol. The second-order valence-electron chi connectivity index (χ2n) is 6.26. The number of hydroxylamine groups is 2. The van der Waals surface area contributed by atoms with E-state index in [4.69, 9.17) is 10.6 Å². The number of primary amides is 1. The molecule has 0 spiro atoms. The van der Waals surface area contributed by atoms with E-state index in [0.29, 0.717) is 0 Å². The number of likely N-dealkylation sites (tertiary alicyclic amines) is 1. The Morgan fingerprint density at radius 1 is 1.21 bits per heavy atom. The van der Waals surface area contributed by atoms with Crippen LogP contribution in [0.3, 0.4) is 0 Å². The summed E-state index contributed by atoms with van der Waals surface area (Å²) in [6, 6.07) is 7.04. The number of imide groups is 1. The Morgan fingerprint density at radius 2 is 1.83 bits per heavy atom. The van der Waals surface area contributed by atoms with Crippen LogP contribution in [0.25, 0.3) is 0 Å². The van der Waals surface area contributed by atoms with E-state index in [1.807, 2.05) is 43.3 Å². The standard InChI is InChI=1S/C16H20N4O4/c1-18(2)10-6-4-9(5-7-10)13-12-14(16(23)19(3)15(12)22)24-20(13)8-11(17)21/h4-7,12-14H,8H2,1-3H3,(H2,17,21). The van der Waals surface area contributed by atoms with Crippen molar-refractivity contribution in [3.63, 3.8) is 0 Å². The smallest absolute Gasteiger partial charge is 0.261 e. The molecule has 3 atom stereocenters. The number of carbonyl (C=O) groups is 3. The zero-order chi connectivity index (χ0) is 17.6. The zero-order valence-electron chi connectivity index (χ0n) is 13.8. The predicted molar refractivity (Wildman–Crippen MR) is 85.6 cm³/mol. The fraction of sp³-hybridized carbons (Fsp3) is 0.438. The molecule has 2 fully saturated rings. The summed E-state index contributed by atoms with van der Waals surface area (Å²) in [4.78, 5) is 44.6. The molecule has 8 heteroatoms. The summed E-state index contributed by atoms with van der Waals surface area (Å²) in [5.41, 5.74) is 7.07. The van der Waals surface area contributed by atoms with E-state index in [-0.39, 0.29) is 12.5 Å². The first-order valence-corrected chi connectivity index (χ1v) is 7.61. The summed E-state index contributed by atoms with van der Waals surface area (Å²) in [5, 5.41) is 1.35. The van der Waals surface area contributed by atoms with Crippen molar-refractivity contribution in [2.24, 2.45) is 11.7 Å². The molecule has 2 aliphatic heterocycles. The van der Waals surface area contributed by atoms with Crippen LogP contribution in [0, 0.1) is 5.92 Å². The molecular formula is C16H20N4O4. The number of nitrogens with two attached hydrogens (primary N) is 1. The molecule has 0 radical (unpaired) electrons. The van der Waals surface area contributed by atoms with Crippen molar-refractivity contribution in [2.75, 3.05) is 32.6 Å². The van der Waals surface area contributed by atoms with Gasteiger partial charge in [-0.05, 0) is 17.7 Å². The fourth-order valence-corrected chi connectivity index (χ4v) is 3.24. The van der Waals surface area contributed by atoms with Crippen molar-refractivity contribution < 1.29 is 19.2 Å². The van der Waals surface area contributed by atoms with E-state index >= 15 is 0 Å². The molecule has 0 aromatic heterocycles. The first-order chi connectivity index (χ1) is 11.3. The summed E-state index contributed by atoms with van der Waals surface area (Å²) in [5.74, 6) is -1.96. The zero-order valence-corrected chi connectivity index (χ0v) is 13.8. The van der Waals surface area contributed by atoms with Gasteiger partial charge in [0, 0.05) is 26.8 Å². The average Bonchev–Trinajstić information content (AvgIpc) is 2.99. The third kappa shape index (κ3) is 2.53. The molecule has 0 saturated carbocycles. The number of amides is 3. The van der Waals surface area contributed by atoms with E-state index in [1.165, 1.54) is 12.1 Å². The Balaban J connectivity index is 1.98. The largest absolute Gasteiger partial charge is 0.378 e. The maximum absolute atomic E-state index is 12.5. The molecular weight excluding hydrogens is 312 g/mol. The van der Waals surface area contributed by atoms with Gasteiger partial charge >= 0.3 is 0 Å². The normalized spacial score (nSPS) is 26.8. The van der Waals surface area contributed by atoms with Gasteiger partial charge in [0.25, 0.3) is 5.91 Å². The number of rotatable bonds is 4. The highest BCUT2D eigenvalue weighted by Gasteiger charge is 2.58. The van der Waals surface area contributed by atoms with Gasteiger partial charge < -0.3 is 10.6 Å². The third-order valence-corrected chi connectivity index (χ3v) is 4.48. The van der Waals surface area contributed by atoms with Crippen molar-refractivity contribution in [3.05, 3.63) is 29.8 Å². The third-order valence-electron chi connectivity index (χ3n) is 4.48. The predicted octanol–water partition coefficient (Wildman–Crippen LogP) is -0.490. The lowest BCUT2D eigenvalue weighted by Crippen LogP contribution is -2.38. The molecule has 3 rings (SSSR count). The highest BCUT2D eigenvalue weighted by molar-refractivity contribution is 6.07. The maximum atomic E-state index is 12.5. The van der Waals surface area contributed by atoms with Gasteiger partial charge in [-0.15, -0.1) is 0 Å². The summed E-state index contributed by atoms with van der Waals surface area (Å²) in [6.45, 7) is -0.183. The summed E-state index contributed by atoms with van der Waals surface area (Å²) in [7, 11) is 5.30. The number of anilines is 1. The molecule has 2 N–H and O–H groups in total. The van der Waals surface area contributed by atoms with Crippen molar-refractivity contribution in [2.45, 2.75) is 12.1 Å². The van der Waals surface area contributed by atoms with Gasteiger partial charge in [-0.2, -0.15) is 5.06 Å². The minimum atomic E-state index is -0.902. The highest BCUT2D eigenvalue weighted by Crippen LogP contribution is 2.44. The summed E-state index contributed by atoms with van der Waals surface area (Å²) >= 11 is 0. The Labute approximate surface area is 139 Å². The fourth-order valence-electron chi connectivity index (χ4n) is 3.24. The summed E-state index contributed by atoms with van der Waals surface area (Å²) < 4.78 is 0. The number of nitrogens with zero attached hydrogens (tertiary/aromatic N) is 3. The van der Waals surface area contributed by atoms with E-state index in [9.17, 15) is 14.4 Å². The molecule has 0 aliphatic carbocycles. The Bertz CT molecular complexity index is 688. The van der Waals surface area contributed by atoms with Gasteiger partial charge in [-0.3, -0.25) is 24.1 Å². The lowest BCUT2D eigenvalue weighted by molar-refractivity contribution is -0.181. The topological polar surface area (TPSA) is 96.2 Å². The van der Waals surface area contributed by atoms with Gasteiger partial charge in [0.05, 0.1) is 12.0 Å². The van der Waals surface area contributed by atoms with Crippen LogP contribution in [0.1, 0.15) is 11.6 Å². The lowest BCUT2D eigenvalue weighted by atomic mass is 9.90. The van der Waals surface area contributed by atoms with Crippen LogP contribution < -0.4 is 10.6 Å². The molecule has 3 unspecified atom stereocenters. The Kier molecular flexibility index (Phi) is 4.02. The highest BCUT2D eigenvalue weighted by atomic mass is 16.7. The first-order valence-electron chi connectivity index (χ1n) is 7.61. The molecule has 3 amide bonds. The minimum absolute atomic E-state index is 0.183. The van der Waals surface area contributed by atoms with Crippen molar-refractivity contribution >= 4 is 23.4 Å². The first kappa shape index (κ1) is 16.4. The molecule has 1 aromatic carbocycles. The van der Waals surface area contributed by atoms with Crippen molar-refractivity contribution in [1.82, 2.24) is 9.96 Å². The molecule has 2 saturated heterocycles. The number of benzene rings is 1. The van der Waals surface area contributed by atoms with Crippen LogP contribution >= 0.6 is 0 Å². The molecule has 1 aromatic rings. The summed E-state index contributed by atoms with van der Waals surface area (Å²) in [6.07, 6.45) is -0.902. The number of carbonyl (C=O) groups excluding carboxylic acids is 3. The number of hydrogen-bond acceptors (Lipinski definition) is 6. The van der Waals surface area contributed by atoms with Gasteiger partial charge in [0.2, 0.25) is 11.8 Å². The van der Waals surface area contributed by atoms with E-state index in [0.717, 1.165) is 16.2 Å². The number of fused-ring (bicyclic) bond motifs is 1. The number of hydrogen-bond donors (Lipinski definition) is 1. The Morgan fingerprint density at radius 3 is 2.38 bits per heavy atom. The lowest BCUT2D eigenvalue weighted by Gasteiger charge is -2.25. The molecule has 24 heavy (non-hydrogen) atoms. The van der Waals surface area contributed by atoms with Crippen LogP contribution in [0.5, 0.6) is 0 Å². The number of likely N-dealkylation sites (N-methyl/N-ethyl adjacent to an activating group) is 1. The molecule has 2 heterocycles. The van der Waals surface area contributed by atoms with E-state index < -0.39 is 29.9 Å². The minimum Gasteiger partial charge on any atom is -0.378 e. The van der Waals surface area contributed by atoms with Gasteiger partial charge in [-0.1, -0.05) is 12.1 Å². The molecule has 2 aliphatic rings. The molecule has 0 bridgehead atoms. The molecule has 128 valence electrons. The van der Waals surface area contributed by atoms with Crippen LogP contribution in [0.2, 0.25) is 0 Å². The van der Waals surface area contributed by atoms with Gasteiger partial charge in [0.15, 0.2) is 6.10 Å². The molecule has 8 nitrogen and oxygen atoms in total. The second-order valence-corrected chi connectivity index (χ2v) is 6.26. The monoisotopic (exact) mass is 332 g/mol. The van der Waals surface area contributed by atoms with Crippen LogP contribution in [-0.2, 0) is 19.2 Å². The van der Waals surface area contributed by atoms with Crippen LogP contribution in [-0.4, -0.2) is 61.5 Å². The SMILES string of the molecule is CN1C(=O)C2ON(CC(N)=O)C(c3ccc(N(C)C)cc3)C2C1=O.